The van der Waals surface area contributed by atoms with Gasteiger partial charge in [0.15, 0.2) is 0 Å². The molecule has 1 amide bonds. The van der Waals surface area contributed by atoms with Crippen molar-refractivity contribution in [3.63, 3.8) is 0 Å². The lowest BCUT2D eigenvalue weighted by atomic mass is 10.1. The number of benzene rings is 2. The molecule has 0 spiro atoms. The monoisotopic (exact) mass is 325 g/mol. The molecular weight excluding hydrogens is 302 g/mol. The number of carbonyl (C=O) groups is 2. The van der Waals surface area contributed by atoms with Crippen LogP contribution in [-0.4, -0.2) is 25.5 Å². The summed E-state index contributed by atoms with van der Waals surface area (Å²) in [6, 6.07) is 15.4. The second-order valence-electron chi connectivity index (χ2n) is 5.78. The van der Waals surface area contributed by atoms with Gasteiger partial charge in [0.1, 0.15) is 0 Å². The van der Waals surface area contributed by atoms with E-state index in [1.54, 1.807) is 12.1 Å². The molecule has 0 aliphatic carbocycles. The Morgan fingerprint density at radius 1 is 1.00 bits per heavy atom. The maximum absolute atomic E-state index is 11.9. The lowest BCUT2D eigenvalue weighted by Gasteiger charge is -2.07. The number of esters is 1. The van der Waals surface area contributed by atoms with E-state index in [9.17, 15) is 9.59 Å². The zero-order valence-electron chi connectivity index (χ0n) is 14.2. The largest absolute Gasteiger partial charge is 0.465 e. The van der Waals surface area contributed by atoms with E-state index in [1.807, 2.05) is 18.2 Å². The highest BCUT2D eigenvalue weighted by Gasteiger charge is 2.06. The van der Waals surface area contributed by atoms with Crippen LogP contribution >= 0.6 is 0 Å². The van der Waals surface area contributed by atoms with Crippen LogP contribution in [0.5, 0.6) is 0 Å². The Morgan fingerprint density at radius 2 is 1.75 bits per heavy atom. The number of hydrogen-bond donors (Lipinski definition) is 1. The average molecular weight is 325 g/mol. The van der Waals surface area contributed by atoms with Crippen molar-refractivity contribution in [2.45, 2.75) is 26.2 Å². The van der Waals surface area contributed by atoms with E-state index in [2.05, 4.69) is 35.2 Å². The summed E-state index contributed by atoms with van der Waals surface area (Å²) in [7, 11) is 1.36. The highest BCUT2D eigenvalue weighted by molar-refractivity contribution is 5.89. The molecule has 0 radical (unpaired) electrons. The van der Waals surface area contributed by atoms with E-state index in [4.69, 9.17) is 0 Å². The molecule has 24 heavy (non-hydrogen) atoms. The van der Waals surface area contributed by atoms with Gasteiger partial charge in [-0.25, -0.2) is 4.79 Å². The first-order valence-electron chi connectivity index (χ1n) is 8.08. The second-order valence-corrected chi connectivity index (χ2v) is 5.78. The van der Waals surface area contributed by atoms with E-state index < -0.39 is 0 Å². The first-order chi connectivity index (χ1) is 11.6. The SMILES string of the molecule is COC(=O)c1ccc(CCC(=O)NCCc2cccc(C)c2)cc1. The van der Waals surface area contributed by atoms with Gasteiger partial charge in [-0.05, 0) is 43.0 Å². The van der Waals surface area contributed by atoms with Gasteiger partial charge in [0.25, 0.3) is 0 Å². The summed E-state index contributed by atoms with van der Waals surface area (Å²) in [6.45, 7) is 2.71. The molecule has 2 aromatic rings. The van der Waals surface area contributed by atoms with Crippen molar-refractivity contribution in [2.75, 3.05) is 13.7 Å². The molecule has 2 rings (SSSR count). The minimum atomic E-state index is -0.351. The normalized spacial score (nSPS) is 10.2. The number of hydrogen-bond acceptors (Lipinski definition) is 3. The van der Waals surface area contributed by atoms with Gasteiger partial charge < -0.3 is 10.1 Å². The number of ether oxygens (including phenoxy) is 1. The Bertz CT molecular complexity index is 692. The van der Waals surface area contributed by atoms with Crippen molar-refractivity contribution in [2.24, 2.45) is 0 Å². The molecular formula is C20H23NO3. The van der Waals surface area contributed by atoms with Crippen LogP contribution in [0.2, 0.25) is 0 Å². The number of aryl methyl sites for hydroxylation is 2. The first kappa shape index (κ1) is 17.7. The van der Waals surface area contributed by atoms with Crippen molar-refractivity contribution >= 4 is 11.9 Å². The third-order valence-electron chi connectivity index (χ3n) is 3.83. The average Bonchev–Trinajstić information content (AvgIpc) is 2.60. The summed E-state index contributed by atoms with van der Waals surface area (Å²) in [5, 5.41) is 2.95. The Kier molecular flexibility index (Phi) is 6.55. The van der Waals surface area contributed by atoms with Gasteiger partial charge in [0, 0.05) is 13.0 Å². The Morgan fingerprint density at radius 3 is 2.42 bits per heavy atom. The minimum absolute atomic E-state index is 0.0414. The molecule has 0 aliphatic heterocycles. The fraction of sp³-hybridized carbons (Fsp3) is 0.300. The van der Waals surface area contributed by atoms with Crippen molar-refractivity contribution in [3.05, 3.63) is 70.8 Å². The van der Waals surface area contributed by atoms with Gasteiger partial charge in [0.2, 0.25) is 5.91 Å². The molecule has 0 atom stereocenters. The van der Waals surface area contributed by atoms with Crippen LogP contribution in [0.4, 0.5) is 0 Å². The number of methoxy groups -OCH3 is 1. The maximum atomic E-state index is 11.9. The van der Waals surface area contributed by atoms with Crippen LogP contribution in [-0.2, 0) is 22.4 Å². The fourth-order valence-corrected chi connectivity index (χ4v) is 2.49. The molecule has 0 aromatic heterocycles. The molecule has 0 fully saturated rings. The number of amides is 1. The zero-order valence-corrected chi connectivity index (χ0v) is 14.2. The van der Waals surface area contributed by atoms with Crippen LogP contribution in [0.3, 0.4) is 0 Å². The lowest BCUT2D eigenvalue weighted by Crippen LogP contribution is -2.25. The molecule has 0 saturated carbocycles. The molecule has 0 saturated heterocycles. The predicted octanol–water partition coefficient (Wildman–Crippen LogP) is 3.07. The highest BCUT2D eigenvalue weighted by atomic mass is 16.5. The van der Waals surface area contributed by atoms with Gasteiger partial charge >= 0.3 is 5.97 Å². The summed E-state index contributed by atoms with van der Waals surface area (Å²) < 4.78 is 4.66. The Hall–Kier alpha value is -2.62. The highest BCUT2D eigenvalue weighted by Crippen LogP contribution is 2.08. The van der Waals surface area contributed by atoms with Gasteiger partial charge in [-0.3, -0.25) is 4.79 Å². The standard InChI is InChI=1S/C20H23NO3/c1-15-4-3-5-17(14-15)12-13-21-19(22)11-8-16-6-9-18(10-7-16)20(23)24-2/h3-7,9-10,14H,8,11-13H2,1-2H3,(H,21,22). The summed E-state index contributed by atoms with van der Waals surface area (Å²) in [5.41, 5.74) is 4.00. The molecule has 2 aromatic carbocycles. The van der Waals surface area contributed by atoms with Gasteiger partial charge in [-0.2, -0.15) is 0 Å². The minimum Gasteiger partial charge on any atom is -0.465 e. The fourth-order valence-electron chi connectivity index (χ4n) is 2.49. The maximum Gasteiger partial charge on any atom is 0.337 e. The van der Waals surface area contributed by atoms with Crippen molar-refractivity contribution < 1.29 is 14.3 Å². The van der Waals surface area contributed by atoms with E-state index >= 15 is 0 Å². The lowest BCUT2D eigenvalue weighted by molar-refractivity contribution is -0.121. The third-order valence-corrected chi connectivity index (χ3v) is 3.83. The third kappa shape index (κ3) is 5.54. The van der Waals surface area contributed by atoms with E-state index in [0.29, 0.717) is 24.9 Å². The smallest absolute Gasteiger partial charge is 0.337 e. The van der Waals surface area contributed by atoms with Crippen LogP contribution in [0.25, 0.3) is 0 Å². The molecule has 0 unspecified atom stereocenters. The molecule has 4 heteroatoms. The Balaban J connectivity index is 1.72. The van der Waals surface area contributed by atoms with Crippen molar-refractivity contribution in [1.82, 2.24) is 5.32 Å². The Labute approximate surface area is 142 Å². The molecule has 1 N–H and O–H groups in total. The first-order valence-corrected chi connectivity index (χ1v) is 8.08. The van der Waals surface area contributed by atoms with Crippen LogP contribution in [0.15, 0.2) is 48.5 Å². The summed E-state index contributed by atoms with van der Waals surface area (Å²) in [6.07, 6.45) is 1.92. The van der Waals surface area contributed by atoms with E-state index in [1.165, 1.54) is 18.2 Å². The molecule has 0 bridgehead atoms. The summed E-state index contributed by atoms with van der Waals surface area (Å²) in [4.78, 5) is 23.3. The zero-order chi connectivity index (χ0) is 17.4. The molecule has 0 heterocycles. The molecule has 4 nitrogen and oxygen atoms in total. The number of rotatable bonds is 7. The van der Waals surface area contributed by atoms with Crippen molar-refractivity contribution in [1.29, 1.82) is 0 Å². The number of carbonyl (C=O) groups excluding carboxylic acids is 2. The number of nitrogens with one attached hydrogen (secondary N) is 1. The second kappa shape index (κ2) is 8.87. The van der Waals surface area contributed by atoms with Gasteiger partial charge in [0.05, 0.1) is 12.7 Å². The van der Waals surface area contributed by atoms with Gasteiger partial charge in [-0.15, -0.1) is 0 Å². The topological polar surface area (TPSA) is 55.4 Å². The predicted molar refractivity (Wildman–Crippen MR) is 94.0 cm³/mol. The van der Waals surface area contributed by atoms with Crippen LogP contribution < -0.4 is 5.32 Å². The van der Waals surface area contributed by atoms with Crippen LogP contribution in [0.1, 0.15) is 33.5 Å². The van der Waals surface area contributed by atoms with Crippen LogP contribution in [0, 0.1) is 6.92 Å². The quantitative estimate of drug-likeness (QED) is 0.796. The summed E-state index contributed by atoms with van der Waals surface area (Å²) >= 11 is 0. The van der Waals surface area contributed by atoms with E-state index in [-0.39, 0.29) is 11.9 Å². The summed E-state index contributed by atoms with van der Waals surface area (Å²) in [5.74, 6) is -0.310. The van der Waals surface area contributed by atoms with E-state index in [0.717, 1.165) is 12.0 Å². The van der Waals surface area contributed by atoms with Crippen molar-refractivity contribution in [3.8, 4) is 0 Å². The molecule has 0 aliphatic rings. The molecule has 126 valence electrons. The van der Waals surface area contributed by atoms with Gasteiger partial charge in [-0.1, -0.05) is 42.0 Å².